The molecule has 0 aromatic rings. The van der Waals surface area contributed by atoms with Crippen LogP contribution in [0.15, 0.2) is 0 Å². The number of rotatable bonds is 2. The Bertz CT molecular complexity index is 58.8. The smallest absolute Gasteiger partial charge is 0.171 e. The van der Waals surface area contributed by atoms with Crippen LogP contribution in [0.3, 0.4) is 0 Å². The van der Waals surface area contributed by atoms with E-state index in [-0.39, 0.29) is 5.88 Å². The van der Waals surface area contributed by atoms with Gasteiger partial charge in [-0.15, -0.1) is 11.6 Å². The van der Waals surface area contributed by atoms with Gasteiger partial charge in [0, 0.05) is 12.3 Å². The number of hydrogen-bond acceptors (Lipinski definition) is 0. The predicted octanol–water partition coefficient (Wildman–Crippen LogP) is 2.38. The highest BCUT2D eigenvalue weighted by atomic mass is 35.5. The summed E-state index contributed by atoms with van der Waals surface area (Å²) in [5, 5.41) is 0. The first-order chi connectivity index (χ1) is 3.56. The second-order valence-corrected chi connectivity index (χ2v) is 1.57. The van der Waals surface area contributed by atoms with Gasteiger partial charge in [0.15, 0.2) is 0 Å². The van der Waals surface area contributed by atoms with Gasteiger partial charge in [0.05, 0.1) is 0 Å². The molecule has 1 radical (unpaired) electrons. The van der Waals surface area contributed by atoms with E-state index in [2.05, 4.69) is 0 Å². The Morgan fingerprint density at radius 3 is 2.00 bits per heavy atom. The third kappa shape index (κ3) is 6.08. The van der Waals surface area contributed by atoms with Crippen LogP contribution in [0.25, 0.3) is 0 Å². The van der Waals surface area contributed by atoms with Crippen molar-refractivity contribution in [1.29, 1.82) is 0 Å². The monoisotopic (exact) mass is 145 g/mol. The molecule has 0 bridgehead atoms. The van der Waals surface area contributed by atoms with Gasteiger partial charge in [-0.25, -0.2) is 0 Å². The molecule has 49 valence electrons. The summed E-state index contributed by atoms with van der Waals surface area (Å²) in [6.07, 6.45) is -4.01. The van der Waals surface area contributed by atoms with Gasteiger partial charge in [0.1, 0.15) is 0 Å². The van der Waals surface area contributed by atoms with Gasteiger partial charge in [-0.3, -0.25) is 0 Å². The third-order valence-electron chi connectivity index (χ3n) is 0.485. The molecular formula is C4H5ClF3. The fraction of sp³-hybridized carbons (Fsp3) is 0.750. The zero-order chi connectivity index (χ0) is 6.62. The minimum atomic E-state index is -4.09. The normalized spacial score (nSPS) is 12.0. The highest BCUT2D eigenvalue weighted by Gasteiger charge is 2.25. The van der Waals surface area contributed by atoms with E-state index in [9.17, 15) is 13.2 Å². The Labute approximate surface area is 50.6 Å². The molecule has 0 heterocycles. The van der Waals surface area contributed by atoms with Crippen LogP contribution >= 0.6 is 11.6 Å². The molecule has 0 spiro atoms. The van der Waals surface area contributed by atoms with E-state index in [4.69, 9.17) is 11.6 Å². The Morgan fingerprint density at radius 2 is 1.88 bits per heavy atom. The zero-order valence-corrected chi connectivity index (χ0v) is 4.76. The molecule has 0 saturated carbocycles. The van der Waals surface area contributed by atoms with Crippen LogP contribution in [0, 0.1) is 6.42 Å². The molecule has 0 aliphatic rings. The molecule has 0 aromatic carbocycles. The molecule has 0 saturated heterocycles. The van der Waals surface area contributed by atoms with Crippen LogP contribution in [-0.4, -0.2) is 12.1 Å². The number of halogens is 4. The van der Waals surface area contributed by atoms with E-state index in [1.165, 1.54) is 0 Å². The van der Waals surface area contributed by atoms with Crippen molar-refractivity contribution in [1.82, 2.24) is 0 Å². The van der Waals surface area contributed by atoms with Crippen LogP contribution in [0.4, 0.5) is 13.2 Å². The van der Waals surface area contributed by atoms with Crippen LogP contribution in [0.2, 0.25) is 0 Å². The average Bonchev–Trinajstić information content (AvgIpc) is 1.59. The SMILES string of the molecule is FC(F)(F)C[CH]CCl. The van der Waals surface area contributed by atoms with Crippen molar-refractivity contribution in [2.45, 2.75) is 12.6 Å². The fourth-order valence-electron chi connectivity index (χ4n) is 0.218. The lowest BCUT2D eigenvalue weighted by Crippen LogP contribution is -2.06. The Hall–Kier alpha value is 0.0800. The standard InChI is InChI=1S/C4H5ClF3/c5-3-1-2-4(6,7)8/h1H,2-3H2. The molecule has 0 aliphatic carbocycles. The number of alkyl halides is 4. The van der Waals surface area contributed by atoms with Crippen LogP contribution in [0.5, 0.6) is 0 Å². The van der Waals surface area contributed by atoms with Crippen molar-refractivity contribution in [2.75, 3.05) is 5.88 Å². The van der Waals surface area contributed by atoms with Crippen LogP contribution in [0.1, 0.15) is 6.42 Å². The Balaban J connectivity index is 3.11. The van der Waals surface area contributed by atoms with Gasteiger partial charge < -0.3 is 0 Å². The predicted molar refractivity (Wildman–Crippen MR) is 25.7 cm³/mol. The molecule has 0 rings (SSSR count). The maximum Gasteiger partial charge on any atom is 0.389 e. The lowest BCUT2D eigenvalue weighted by molar-refractivity contribution is -0.127. The molecular weight excluding hydrogens is 140 g/mol. The Kier molecular flexibility index (Phi) is 3.21. The zero-order valence-electron chi connectivity index (χ0n) is 4.00. The van der Waals surface area contributed by atoms with Crippen molar-refractivity contribution in [2.24, 2.45) is 0 Å². The summed E-state index contributed by atoms with van der Waals surface area (Å²) in [6, 6.07) is 0. The fourth-order valence-corrected chi connectivity index (χ4v) is 0.327. The van der Waals surface area contributed by atoms with E-state index >= 15 is 0 Å². The summed E-state index contributed by atoms with van der Waals surface area (Å²) in [5.74, 6) is -0.0422. The van der Waals surface area contributed by atoms with Crippen LogP contribution < -0.4 is 0 Å². The average molecular weight is 146 g/mol. The third-order valence-corrected chi connectivity index (χ3v) is 0.703. The molecule has 8 heavy (non-hydrogen) atoms. The second-order valence-electron chi connectivity index (χ2n) is 1.26. The summed E-state index contributed by atoms with van der Waals surface area (Å²) >= 11 is 4.95. The van der Waals surface area contributed by atoms with E-state index < -0.39 is 12.6 Å². The van der Waals surface area contributed by atoms with Gasteiger partial charge in [-0.1, -0.05) is 0 Å². The first kappa shape index (κ1) is 8.08. The summed E-state index contributed by atoms with van der Waals surface area (Å²) in [7, 11) is 0. The van der Waals surface area contributed by atoms with Gasteiger partial charge in [-0.2, -0.15) is 13.2 Å². The van der Waals surface area contributed by atoms with E-state index in [0.29, 0.717) is 0 Å². The van der Waals surface area contributed by atoms with Crippen molar-refractivity contribution in [3.8, 4) is 0 Å². The minimum absolute atomic E-state index is 0.0422. The summed E-state index contributed by atoms with van der Waals surface area (Å²) < 4.78 is 33.5. The quantitative estimate of drug-likeness (QED) is 0.524. The second kappa shape index (κ2) is 3.17. The van der Waals surface area contributed by atoms with Crippen molar-refractivity contribution < 1.29 is 13.2 Å². The lowest BCUT2D eigenvalue weighted by Gasteiger charge is -2.01. The molecule has 4 heteroatoms. The molecule has 0 atom stereocenters. The number of hydrogen-bond donors (Lipinski definition) is 0. The van der Waals surface area contributed by atoms with Crippen molar-refractivity contribution >= 4 is 11.6 Å². The highest BCUT2D eigenvalue weighted by molar-refractivity contribution is 6.18. The van der Waals surface area contributed by atoms with E-state index in [0.717, 1.165) is 6.42 Å². The van der Waals surface area contributed by atoms with Gasteiger partial charge in [0.2, 0.25) is 0 Å². The molecule has 0 fully saturated rings. The molecule has 0 amide bonds. The molecule has 0 unspecified atom stereocenters. The molecule has 0 N–H and O–H groups in total. The topological polar surface area (TPSA) is 0 Å². The van der Waals surface area contributed by atoms with Crippen molar-refractivity contribution in [3.63, 3.8) is 0 Å². The minimum Gasteiger partial charge on any atom is -0.171 e. The maximum absolute atomic E-state index is 11.2. The van der Waals surface area contributed by atoms with Crippen molar-refractivity contribution in [3.05, 3.63) is 6.42 Å². The summed E-state index contributed by atoms with van der Waals surface area (Å²) in [4.78, 5) is 0. The first-order valence-electron chi connectivity index (χ1n) is 2.00. The first-order valence-corrected chi connectivity index (χ1v) is 2.54. The lowest BCUT2D eigenvalue weighted by atomic mass is 10.3. The maximum atomic E-state index is 11.2. The van der Waals surface area contributed by atoms with Gasteiger partial charge in [0.25, 0.3) is 0 Å². The largest absolute Gasteiger partial charge is 0.389 e. The highest BCUT2D eigenvalue weighted by Crippen LogP contribution is 2.20. The van der Waals surface area contributed by atoms with E-state index in [1.807, 2.05) is 0 Å². The van der Waals surface area contributed by atoms with Gasteiger partial charge >= 0.3 is 6.18 Å². The molecule has 0 aliphatic heterocycles. The summed E-state index contributed by atoms with van der Waals surface area (Å²) in [6.45, 7) is 0. The summed E-state index contributed by atoms with van der Waals surface area (Å²) in [5.41, 5.74) is 0. The van der Waals surface area contributed by atoms with Gasteiger partial charge in [-0.05, 0) is 6.42 Å². The molecule has 0 nitrogen and oxygen atoms in total. The Morgan fingerprint density at radius 1 is 1.38 bits per heavy atom. The molecule has 0 aromatic heterocycles. The van der Waals surface area contributed by atoms with E-state index in [1.54, 1.807) is 0 Å². The van der Waals surface area contributed by atoms with Crippen LogP contribution in [-0.2, 0) is 0 Å².